The van der Waals surface area contributed by atoms with E-state index in [0.717, 1.165) is 31.2 Å². The van der Waals surface area contributed by atoms with Crippen LogP contribution in [0.15, 0.2) is 36.9 Å². The van der Waals surface area contributed by atoms with Gasteiger partial charge in [0.15, 0.2) is 5.82 Å². The normalized spacial score (nSPS) is 15.2. The van der Waals surface area contributed by atoms with E-state index < -0.39 is 0 Å². The Labute approximate surface area is 117 Å². The van der Waals surface area contributed by atoms with Gasteiger partial charge in [-0.1, -0.05) is 12.8 Å². The zero-order chi connectivity index (χ0) is 13.8. The predicted molar refractivity (Wildman–Crippen MR) is 75.9 cm³/mol. The molecule has 0 saturated heterocycles. The summed E-state index contributed by atoms with van der Waals surface area (Å²) in [4.78, 5) is 24.6. The SMILES string of the molecule is O=C(Nc1cnc(-c2cccnc2)nc1)C1CCCC1. The summed E-state index contributed by atoms with van der Waals surface area (Å²) in [5.74, 6) is 0.838. The molecule has 2 heterocycles. The van der Waals surface area contributed by atoms with E-state index in [1.807, 2.05) is 12.1 Å². The number of nitrogens with zero attached hydrogens (tertiary/aromatic N) is 3. The fraction of sp³-hybridized carbons (Fsp3) is 0.333. The number of pyridine rings is 1. The summed E-state index contributed by atoms with van der Waals surface area (Å²) in [5, 5.41) is 2.88. The lowest BCUT2D eigenvalue weighted by Crippen LogP contribution is -2.20. The molecule has 5 heteroatoms. The standard InChI is InChI=1S/C15H16N4O/c20-15(11-4-1-2-5-11)19-13-9-17-14(18-10-13)12-6-3-7-16-8-12/h3,6-11H,1-2,4-5H2,(H,19,20). The van der Waals surface area contributed by atoms with Crippen molar-refractivity contribution in [3.63, 3.8) is 0 Å². The lowest BCUT2D eigenvalue weighted by atomic mass is 10.1. The first kappa shape index (κ1) is 12.7. The molecule has 1 N–H and O–H groups in total. The molecule has 3 rings (SSSR count). The zero-order valence-corrected chi connectivity index (χ0v) is 11.1. The van der Waals surface area contributed by atoms with Crippen molar-refractivity contribution >= 4 is 11.6 Å². The van der Waals surface area contributed by atoms with E-state index >= 15 is 0 Å². The van der Waals surface area contributed by atoms with Gasteiger partial charge in [0.2, 0.25) is 5.91 Å². The third-order valence-corrected chi connectivity index (χ3v) is 3.57. The molecule has 2 aromatic rings. The molecule has 0 spiro atoms. The molecule has 0 aromatic carbocycles. The van der Waals surface area contributed by atoms with Gasteiger partial charge in [0.1, 0.15) is 0 Å². The summed E-state index contributed by atoms with van der Waals surface area (Å²) >= 11 is 0. The van der Waals surface area contributed by atoms with E-state index in [0.29, 0.717) is 11.5 Å². The van der Waals surface area contributed by atoms with Crippen LogP contribution in [-0.4, -0.2) is 20.9 Å². The van der Waals surface area contributed by atoms with Crippen molar-refractivity contribution in [1.82, 2.24) is 15.0 Å². The van der Waals surface area contributed by atoms with E-state index in [1.54, 1.807) is 24.8 Å². The highest BCUT2D eigenvalue weighted by molar-refractivity contribution is 5.92. The van der Waals surface area contributed by atoms with E-state index in [4.69, 9.17) is 0 Å². The van der Waals surface area contributed by atoms with Crippen LogP contribution >= 0.6 is 0 Å². The van der Waals surface area contributed by atoms with Crippen molar-refractivity contribution in [2.45, 2.75) is 25.7 Å². The Hall–Kier alpha value is -2.30. The number of carbonyl (C=O) groups is 1. The molecule has 1 aliphatic carbocycles. The summed E-state index contributed by atoms with van der Waals surface area (Å²) in [6.45, 7) is 0. The van der Waals surface area contributed by atoms with E-state index in [2.05, 4.69) is 20.3 Å². The van der Waals surface area contributed by atoms with Crippen LogP contribution in [0.1, 0.15) is 25.7 Å². The summed E-state index contributed by atoms with van der Waals surface area (Å²) in [6, 6.07) is 3.74. The van der Waals surface area contributed by atoms with Crippen molar-refractivity contribution in [2.75, 3.05) is 5.32 Å². The van der Waals surface area contributed by atoms with Crippen LogP contribution in [0.5, 0.6) is 0 Å². The van der Waals surface area contributed by atoms with Gasteiger partial charge in [-0.2, -0.15) is 0 Å². The number of nitrogens with one attached hydrogen (secondary N) is 1. The number of aromatic nitrogens is 3. The lowest BCUT2D eigenvalue weighted by molar-refractivity contribution is -0.119. The Morgan fingerprint density at radius 1 is 1.15 bits per heavy atom. The molecular weight excluding hydrogens is 252 g/mol. The van der Waals surface area contributed by atoms with Gasteiger partial charge in [0.05, 0.1) is 18.1 Å². The molecule has 102 valence electrons. The molecule has 2 aromatic heterocycles. The second-order valence-electron chi connectivity index (χ2n) is 5.01. The number of carbonyl (C=O) groups excluding carboxylic acids is 1. The average Bonchev–Trinajstić information content (AvgIpc) is 3.03. The Kier molecular flexibility index (Phi) is 3.67. The lowest BCUT2D eigenvalue weighted by Gasteiger charge is -2.09. The Bertz CT molecular complexity index is 577. The van der Waals surface area contributed by atoms with Gasteiger partial charge in [-0.15, -0.1) is 0 Å². The van der Waals surface area contributed by atoms with Crippen molar-refractivity contribution in [3.05, 3.63) is 36.9 Å². The van der Waals surface area contributed by atoms with Crippen LogP contribution in [0, 0.1) is 5.92 Å². The largest absolute Gasteiger partial charge is 0.323 e. The molecule has 1 fully saturated rings. The molecule has 20 heavy (non-hydrogen) atoms. The molecule has 0 unspecified atom stereocenters. The molecule has 0 bridgehead atoms. The van der Waals surface area contributed by atoms with E-state index in [9.17, 15) is 4.79 Å². The van der Waals surface area contributed by atoms with Crippen LogP contribution in [-0.2, 0) is 4.79 Å². The maximum Gasteiger partial charge on any atom is 0.227 e. The fourth-order valence-electron chi connectivity index (χ4n) is 2.47. The first-order chi connectivity index (χ1) is 9.83. The van der Waals surface area contributed by atoms with Crippen molar-refractivity contribution in [1.29, 1.82) is 0 Å². The summed E-state index contributed by atoms with van der Waals surface area (Å²) in [7, 11) is 0. The number of hydrogen-bond donors (Lipinski definition) is 1. The van der Waals surface area contributed by atoms with Gasteiger partial charge in [-0.05, 0) is 25.0 Å². The van der Waals surface area contributed by atoms with Crippen molar-refractivity contribution < 1.29 is 4.79 Å². The number of hydrogen-bond acceptors (Lipinski definition) is 4. The van der Waals surface area contributed by atoms with Gasteiger partial charge >= 0.3 is 0 Å². The Morgan fingerprint density at radius 3 is 2.55 bits per heavy atom. The molecule has 1 saturated carbocycles. The van der Waals surface area contributed by atoms with Gasteiger partial charge < -0.3 is 5.32 Å². The van der Waals surface area contributed by atoms with Crippen LogP contribution in [0.25, 0.3) is 11.4 Å². The molecule has 0 radical (unpaired) electrons. The predicted octanol–water partition coefficient (Wildman–Crippen LogP) is 2.67. The first-order valence-corrected chi connectivity index (χ1v) is 6.86. The molecule has 0 aliphatic heterocycles. The van der Waals surface area contributed by atoms with Crippen LogP contribution in [0.4, 0.5) is 5.69 Å². The molecule has 1 aliphatic rings. The zero-order valence-electron chi connectivity index (χ0n) is 11.1. The van der Waals surface area contributed by atoms with Crippen molar-refractivity contribution in [2.24, 2.45) is 5.92 Å². The second-order valence-corrected chi connectivity index (χ2v) is 5.01. The van der Waals surface area contributed by atoms with Gasteiger partial charge in [-0.25, -0.2) is 9.97 Å². The minimum atomic E-state index is 0.0835. The average molecular weight is 268 g/mol. The molecule has 0 atom stereocenters. The molecule has 5 nitrogen and oxygen atoms in total. The second kappa shape index (κ2) is 5.77. The van der Waals surface area contributed by atoms with E-state index in [-0.39, 0.29) is 11.8 Å². The highest BCUT2D eigenvalue weighted by Gasteiger charge is 2.22. The highest BCUT2D eigenvalue weighted by atomic mass is 16.1. The Balaban J connectivity index is 1.68. The minimum Gasteiger partial charge on any atom is -0.323 e. The van der Waals surface area contributed by atoms with Crippen LogP contribution in [0.2, 0.25) is 0 Å². The highest BCUT2D eigenvalue weighted by Crippen LogP contribution is 2.25. The smallest absolute Gasteiger partial charge is 0.227 e. The Morgan fingerprint density at radius 2 is 1.90 bits per heavy atom. The van der Waals surface area contributed by atoms with Gasteiger partial charge in [-0.3, -0.25) is 9.78 Å². The number of rotatable bonds is 3. The summed E-state index contributed by atoms with van der Waals surface area (Å²) in [5.41, 5.74) is 1.51. The maximum absolute atomic E-state index is 12.0. The molecular formula is C15H16N4O. The van der Waals surface area contributed by atoms with Crippen LogP contribution < -0.4 is 5.32 Å². The van der Waals surface area contributed by atoms with Gasteiger partial charge in [0, 0.05) is 23.9 Å². The summed E-state index contributed by atoms with van der Waals surface area (Å²) < 4.78 is 0. The minimum absolute atomic E-state index is 0.0835. The third-order valence-electron chi connectivity index (χ3n) is 3.57. The first-order valence-electron chi connectivity index (χ1n) is 6.86. The third kappa shape index (κ3) is 2.82. The maximum atomic E-state index is 12.0. The monoisotopic (exact) mass is 268 g/mol. The van der Waals surface area contributed by atoms with Crippen molar-refractivity contribution in [3.8, 4) is 11.4 Å². The van der Waals surface area contributed by atoms with E-state index in [1.165, 1.54) is 0 Å². The van der Waals surface area contributed by atoms with Crippen LogP contribution in [0.3, 0.4) is 0 Å². The quantitative estimate of drug-likeness (QED) is 0.929. The number of anilines is 1. The van der Waals surface area contributed by atoms with Gasteiger partial charge in [0.25, 0.3) is 0 Å². The molecule has 1 amide bonds. The summed E-state index contributed by atoms with van der Waals surface area (Å²) in [6.07, 6.45) is 11.0. The topological polar surface area (TPSA) is 67.8 Å². The number of amides is 1. The fourth-order valence-corrected chi connectivity index (χ4v) is 2.47.